The van der Waals surface area contributed by atoms with E-state index in [1.807, 2.05) is 31.2 Å². The van der Waals surface area contributed by atoms with Gasteiger partial charge in [-0.15, -0.1) is 0 Å². The van der Waals surface area contributed by atoms with E-state index in [0.717, 1.165) is 27.4 Å². The van der Waals surface area contributed by atoms with Crippen LogP contribution in [0.4, 0.5) is 5.82 Å². The van der Waals surface area contributed by atoms with E-state index in [1.165, 1.54) is 0 Å². The summed E-state index contributed by atoms with van der Waals surface area (Å²) in [6, 6.07) is 8.05. The number of nitrogen functional groups attached to an aromatic ring is 1. The first-order chi connectivity index (χ1) is 8.30. The van der Waals surface area contributed by atoms with Crippen molar-refractivity contribution in [1.29, 1.82) is 0 Å². The van der Waals surface area contributed by atoms with Gasteiger partial charge in [-0.25, -0.2) is 4.98 Å². The zero-order chi connectivity index (χ0) is 13.5. The molecule has 4 heteroatoms. The summed E-state index contributed by atoms with van der Waals surface area (Å²) in [5.74, 6) is 1.67. The molecule has 0 unspecified atom stereocenters. The van der Waals surface area contributed by atoms with Crippen molar-refractivity contribution in [1.82, 2.24) is 9.55 Å². The fourth-order valence-corrected chi connectivity index (χ4v) is 2.48. The maximum Gasteiger partial charge on any atom is 0.132 e. The van der Waals surface area contributed by atoms with Crippen molar-refractivity contribution in [3.05, 3.63) is 34.6 Å². The molecular formula is C14H18BrN3. The highest BCUT2D eigenvalue weighted by atomic mass is 79.9. The average molecular weight is 308 g/mol. The Labute approximate surface area is 116 Å². The van der Waals surface area contributed by atoms with Crippen LogP contribution in [0.3, 0.4) is 0 Å². The SMILES string of the molecule is Cc1nc(-c2ccc(Br)cc2)c(N)n1C(C)(C)C. The van der Waals surface area contributed by atoms with E-state index in [2.05, 4.69) is 46.3 Å². The molecule has 0 amide bonds. The predicted molar refractivity (Wildman–Crippen MR) is 79.5 cm³/mol. The summed E-state index contributed by atoms with van der Waals surface area (Å²) >= 11 is 3.43. The molecule has 0 fully saturated rings. The van der Waals surface area contributed by atoms with Crippen molar-refractivity contribution in [3.63, 3.8) is 0 Å². The van der Waals surface area contributed by atoms with Gasteiger partial charge in [-0.2, -0.15) is 0 Å². The van der Waals surface area contributed by atoms with E-state index in [1.54, 1.807) is 0 Å². The van der Waals surface area contributed by atoms with Gasteiger partial charge in [-0.05, 0) is 39.8 Å². The van der Waals surface area contributed by atoms with Crippen molar-refractivity contribution < 1.29 is 0 Å². The lowest BCUT2D eigenvalue weighted by atomic mass is 10.1. The van der Waals surface area contributed by atoms with Crippen LogP contribution in [0, 0.1) is 6.92 Å². The smallest absolute Gasteiger partial charge is 0.132 e. The maximum atomic E-state index is 6.25. The van der Waals surface area contributed by atoms with Crippen LogP contribution >= 0.6 is 15.9 Å². The van der Waals surface area contributed by atoms with Gasteiger partial charge in [0, 0.05) is 15.6 Å². The zero-order valence-corrected chi connectivity index (χ0v) is 12.7. The molecule has 2 rings (SSSR count). The van der Waals surface area contributed by atoms with Crippen LogP contribution < -0.4 is 5.73 Å². The summed E-state index contributed by atoms with van der Waals surface area (Å²) in [4.78, 5) is 4.60. The highest BCUT2D eigenvalue weighted by Crippen LogP contribution is 2.31. The Morgan fingerprint density at radius 2 is 1.72 bits per heavy atom. The lowest BCUT2D eigenvalue weighted by molar-refractivity contribution is 0.393. The van der Waals surface area contributed by atoms with Gasteiger partial charge in [0.15, 0.2) is 0 Å². The van der Waals surface area contributed by atoms with E-state index in [0.29, 0.717) is 0 Å². The van der Waals surface area contributed by atoms with Crippen molar-refractivity contribution in [2.24, 2.45) is 0 Å². The monoisotopic (exact) mass is 307 g/mol. The van der Waals surface area contributed by atoms with E-state index in [9.17, 15) is 0 Å². The van der Waals surface area contributed by atoms with Gasteiger partial charge in [-0.1, -0.05) is 28.1 Å². The van der Waals surface area contributed by atoms with E-state index < -0.39 is 0 Å². The number of hydrogen-bond donors (Lipinski definition) is 1. The first kappa shape index (κ1) is 13.1. The molecule has 0 saturated carbocycles. The third kappa shape index (κ3) is 2.29. The molecule has 0 bridgehead atoms. The van der Waals surface area contributed by atoms with Gasteiger partial charge >= 0.3 is 0 Å². The molecule has 1 heterocycles. The summed E-state index contributed by atoms with van der Waals surface area (Å²) in [7, 11) is 0. The number of halogens is 1. The van der Waals surface area contributed by atoms with Crippen LogP contribution in [0.5, 0.6) is 0 Å². The largest absolute Gasteiger partial charge is 0.383 e. The molecular weight excluding hydrogens is 290 g/mol. The van der Waals surface area contributed by atoms with Crippen molar-refractivity contribution in [2.45, 2.75) is 33.2 Å². The molecule has 0 aliphatic carbocycles. The summed E-state index contributed by atoms with van der Waals surface area (Å²) in [6.45, 7) is 8.38. The van der Waals surface area contributed by atoms with Gasteiger partial charge in [0.1, 0.15) is 17.3 Å². The van der Waals surface area contributed by atoms with E-state index >= 15 is 0 Å². The molecule has 0 atom stereocenters. The highest BCUT2D eigenvalue weighted by Gasteiger charge is 2.22. The number of benzene rings is 1. The van der Waals surface area contributed by atoms with Crippen LogP contribution in [0.2, 0.25) is 0 Å². The minimum atomic E-state index is -0.0607. The molecule has 0 spiro atoms. The second-order valence-corrected chi connectivity index (χ2v) is 6.32. The first-order valence-corrected chi connectivity index (χ1v) is 6.71. The molecule has 3 nitrogen and oxygen atoms in total. The van der Waals surface area contributed by atoms with Gasteiger partial charge in [0.05, 0.1) is 0 Å². The fraction of sp³-hybridized carbons (Fsp3) is 0.357. The number of nitrogens with zero attached hydrogens (tertiary/aromatic N) is 2. The Hall–Kier alpha value is -1.29. The third-order valence-electron chi connectivity index (χ3n) is 2.87. The Balaban J connectivity index is 2.57. The molecule has 0 saturated heterocycles. The van der Waals surface area contributed by atoms with Crippen LogP contribution in [0.25, 0.3) is 11.3 Å². The quantitative estimate of drug-likeness (QED) is 0.866. The van der Waals surface area contributed by atoms with Crippen molar-refractivity contribution in [2.75, 3.05) is 5.73 Å². The molecule has 2 aromatic rings. The molecule has 1 aromatic carbocycles. The minimum Gasteiger partial charge on any atom is -0.383 e. The Morgan fingerprint density at radius 3 is 2.17 bits per heavy atom. The van der Waals surface area contributed by atoms with Crippen LogP contribution in [-0.4, -0.2) is 9.55 Å². The number of nitrogens with two attached hydrogens (primary N) is 1. The highest BCUT2D eigenvalue weighted by molar-refractivity contribution is 9.10. The molecule has 18 heavy (non-hydrogen) atoms. The van der Waals surface area contributed by atoms with Gasteiger partial charge in [-0.3, -0.25) is 0 Å². The zero-order valence-electron chi connectivity index (χ0n) is 11.2. The number of hydrogen-bond acceptors (Lipinski definition) is 2. The maximum absolute atomic E-state index is 6.25. The Bertz CT molecular complexity index is 562. The number of imidazole rings is 1. The summed E-state index contributed by atoms with van der Waals surface area (Å²) in [5.41, 5.74) is 8.09. The van der Waals surface area contributed by atoms with Crippen LogP contribution in [0.1, 0.15) is 26.6 Å². The first-order valence-electron chi connectivity index (χ1n) is 5.92. The number of aromatic nitrogens is 2. The van der Waals surface area contributed by atoms with E-state index in [4.69, 9.17) is 5.73 Å². The second-order valence-electron chi connectivity index (χ2n) is 5.41. The molecule has 1 aromatic heterocycles. The number of aryl methyl sites for hydroxylation is 1. The molecule has 2 N–H and O–H groups in total. The minimum absolute atomic E-state index is 0.0607. The van der Waals surface area contributed by atoms with Crippen LogP contribution in [0.15, 0.2) is 28.7 Å². The normalized spacial score (nSPS) is 11.8. The summed E-state index contributed by atoms with van der Waals surface area (Å²) in [6.07, 6.45) is 0. The Kier molecular flexibility index (Phi) is 3.23. The van der Waals surface area contributed by atoms with Crippen molar-refractivity contribution >= 4 is 21.7 Å². The van der Waals surface area contributed by atoms with Crippen LogP contribution in [-0.2, 0) is 5.54 Å². The summed E-state index contributed by atoms with van der Waals surface area (Å²) < 4.78 is 3.13. The predicted octanol–water partition coefficient (Wildman–Crippen LogP) is 3.96. The lowest BCUT2D eigenvalue weighted by Gasteiger charge is -2.24. The second kappa shape index (κ2) is 4.43. The van der Waals surface area contributed by atoms with Gasteiger partial charge in [0.2, 0.25) is 0 Å². The topological polar surface area (TPSA) is 43.8 Å². The number of rotatable bonds is 1. The lowest BCUT2D eigenvalue weighted by Crippen LogP contribution is -2.24. The fourth-order valence-electron chi connectivity index (χ4n) is 2.22. The standard InChI is InChI=1S/C14H18BrN3/c1-9-17-12(10-5-7-11(15)8-6-10)13(16)18(9)14(2,3)4/h5-8H,16H2,1-4H3. The Morgan fingerprint density at radius 1 is 1.17 bits per heavy atom. The third-order valence-corrected chi connectivity index (χ3v) is 3.40. The van der Waals surface area contributed by atoms with Crippen molar-refractivity contribution in [3.8, 4) is 11.3 Å². The number of anilines is 1. The molecule has 0 aliphatic heterocycles. The average Bonchev–Trinajstić information content (AvgIpc) is 2.54. The van der Waals surface area contributed by atoms with Gasteiger partial charge < -0.3 is 10.3 Å². The summed E-state index contributed by atoms with van der Waals surface area (Å²) in [5, 5.41) is 0. The van der Waals surface area contributed by atoms with E-state index in [-0.39, 0.29) is 5.54 Å². The molecule has 0 radical (unpaired) electrons. The molecule has 0 aliphatic rings. The molecule has 96 valence electrons. The van der Waals surface area contributed by atoms with Gasteiger partial charge in [0.25, 0.3) is 0 Å².